The van der Waals surface area contributed by atoms with E-state index in [1.807, 2.05) is 0 Å². The lowest BCUT2D eigenvalue weighted by molar-refractivity contribution is -0.120. The second kappa shape index (κ2) is 4.84. The zero-order valence-electron chi connectivity index (χ0n) is 7.22. The molecule has 1 rings (SSSR count). The third-order valence-electron chi connectivity index (χ3n) is 1.39. The molecule has 1 N–H and O–H groups in total. The minimum Gasteiger partial charge on any atom is -0.323 e. The van der Waals surface area contributed by atoms with Gasteiger partial charge in [-0.1, -0.05) is 0 Å². The average Bonchev–Trinajstić information content (AvgIpc) is 2.01. The van der Waals surface area contributed by atoms with Crippen molar-refractivity contribution < 1.29 is 9.18 Å². The Morgan fingerprint density at radius 3 is 2.43 bits per heavy atom. The number of pyridine rings is 1. The zero-order chi connectivity index (χ0) is 10.7. The molecule has 1 atom stereocenters. The normalized spacial score (nSPS) is 12.3. The van der Waals surface area contributed by atoms with Crippen LogP contribution < -0.4 is 5.32 Å². The lowest BCUT2D eigenvalue weighted by Crippen LogP contribution is -2.21. The molecule has 0 saturated heterocycles. The molecule has 0 aromatic carbocycles. The SMILES string of the molecule is CC(F)C(=O)Nc1cc(Br)nc(Br)c1. The molecule has 6 heteroatoms. The Hall–Kier alpha value is -0.490. The molecule has 3 nitrogen and oxygen atoms in total. The first-order valence-electron chi connectivity index (χ1n) is 3.77. The summed E-state index contributed by atoms with van der Waals surface area (Å²) in [4.78, 5) is 15.0. The van der Waals surface area contributed by atoms with Gasteiger partial charge in [-0.25, -0.2) is 9.37 Å². The number of nitrogens with one attached hydrogen (secondary N) is 1. The number of amides is 1. The molecule has 0 aliphatic carbocycles. The van der Waals surface area contributed by atoms with Gasteiger partial charge in [-0.15, -0.1) is 0 Å². The van der Waals surface area contributed by atoms with Crippen LogP contribution in [0.3, 0.4) is 0 Å². The van der Waals surface area contributed by atoms with E-state index in [0.29, 0.717) is 14.9 Å². The smallest absolute Gasteiger partial charge is 0.258 e. The third-order valence-corrected chi connectivity index (χ3v) is 2.20. The summed E-state index contributed by atoms with van der Waals surface area (Å²) in [7, 11) is 0. The quantitative estimate of drug-likeness (QED) is 0.849. The minimum absolute atomic E-state index is 0.494. The minimum atomic E-state index is -1.53. The highest BCUT2D eigenvalue weighted by Crippen LogP contribution is 2.19. The molecule has 14 heavy (non-hydrogen) atoms. The van der Waals surface area contributed by atoms with E-state index in [0.717, 1.165) is 0 Å². The van der Waals surface area contributed by atoms with Gasteiger partial charge >= 0.3 is 0 Å². The summed E-state index contributed by atoms with van der Waals surface area (Å²) in [5, 5.41) is 2.41. The van der Waals surface area contributed by atoms with Crippen molar-refractivity contribution in [3.63, 3.8) is 0 Å². The van der Waals surface area contributed by atoms with Crippen LogP contribution in [0.1, 0.15) is 6.92 Å². The third kappa shape index (κ3) is 3.34. The van der Waals surface area contributed by atoms with E-state index in [1.54, 1.807) is 12.1 Å². The lowest BCUT2D eigenvalue weighted by Gasteiger charge is -2.06. The van der Waals surface area contributed by atoms with Gasteiger partial charge in [0.25, 0.3) is 5.91 Å². The highest BCUT2D eigenvalue weighted by molar-refractivity contribution is 9.11. The molecule has 0 aliphatic heterocycles. The van der Waals surface area contributed by atoms with Crippen LogP contribution in [0.25, 0.3) is 0 Å². The van der Waals surface area contributed by atoms with Crippen molar-refractivity contribution in [2.45, 2.75) is 13.1 Å². The summed E-state index contributed by atoms with van der Waals surface area (Å²) in [5.74, 6) is -0.671. The maximum absolute atomic E-state index is 12.5. The van der Waals surface area contributed by atoms with Crippen molar-refractivity contribution in [3.8, 4) is 0 Å². The van der Waals surface area contributed by atoms with Crippen LogP contribution in [-0.2, 0) is 4.79 Å². The van der Waals surface area contributed by atoms with Crippen LogP contribution in [0.4, 0.5) is 10.1 Å². The van der Waals surface area contributed by atoms with Gasteiger partial charge in [-0.2, -0.15) is 0 Å². The predicted octanol–water partition coefficient (Wildman–Crippen LogP) is 2.90. The summed E-state index contributed by atoms with van der Waals surface area (Å²) >= 11 is 6.31. The largest absolute Gasteiger partial charge is 0.323 e. The highest BCUT2D eigenvalue weighted by Gasteiger charge is 2.11. The Morgan fingerprint density at radius 2 is 2.00 bits per heavy atom. The summed E-state index contributed by atoms with van der Waals surface area (Å²) in [6.07, 6.45) is -1.53. The topological polar surface area (TPSA) is 42.0 Å². The Kier molecular flexibility index (Phi) is 4.00. The van der Waals surface area contributed by atoms with E-state index in [9.17, 15) is 9.18 Å². The Balaban J connectivity index is 2.82. The highest BCUT2D eigenvalue weighted by atomic mass is 79.9. The van der Waals surface area contributed by atoms with Crippen LogP contribution in [-0.4, -0.2) is 17.1 Å². The fourth-order valence-corrected chi connectivity index (χ4v) is 1.89. The molecule has 0 bridgehead atoms. The average molecular weight is 326 g/mol. The number of nitrogens with zero attached hydrogens (tertiary/aromatic N) is 1. The van der Waals surface area contributed by atoms with Crippen LogP contribution in [0.2, 0.25) is 0 Å². The van der Waals surface area contributed by atoms with Crippen molar-refractivity contribution in [2.24, 2.45) is 0 Å². The molecule has 0 spiro atoms. The van der Waals surface area contributed by atoms with Gasteiger partial charge in [0.05, 0.1) is 0 Å². The monoisotopic (exact) mass is 324 g/mol. The number of hydrogen-bond acceptors (Lipinski definition) is 2. The van der Waals surface area contributed by atoms with E-state index < -0.39 is 12.1 Å². The molecular formula is C8H7Br2FN2O. The van der Waals surface area contributed by atoms with Crippen molar-refractivity contribution in [1.29, 1.82) is 0 Å². The molecule has 0 fully saturated rings. The fourth-order valence-electron chi connectivity index (χ4n) is 0.779. The molecule has 0 radical (unpaired) electrons. The lowest BCUT2D eigenvalue weighted by atomic mass is 10.3. The first kappa shape index (κ1) is 11.6. The number of hydrogen-bond donors (Lipinski definition) is 1. The summed E-state index contributed by atoms with van der Waals surface area (Å²) < 4.78 is 13.7. The standard InChI is InChI=1S/C8H7Br2FN2O/c1-4(11)8(14)12-5-2-6(9)13-7(10)3-5/h2-4H,1H3,(H,12,13,14). The number of anilines is 1. The van der Waals surface area contributed by atoms with Gasteiger partial charge in [-0.05, 0) is 50.9 Å². The first-order chi connectivity index (χ1) is 6.49. The van der Waals surface area contributed by atoms with E-state index in [-0.39, 0.29) is 0 Å². The van der Waals surface area contributed by atoms with E-state index in [2.05, 4.69) is 42.2 Å². The summed E-state index contributed by atoms with van der Waals surface area (Å²) in [6, 6.07) is 3.18. The number of alkyl halides is 1. The molecule has 1 unspecified atom stereocenters. The number of aromatic nitrogens is 1. The van der Waals surface area contributed by atoms with Gasteiger partial charge in [0.2, 0.25) is 0 Å². The fraction of sp³-hybridized carbons (Fsp3) is 0.250. The van der Waals surface area contributed by atoms with Crippen LogP contribution in [0, 0.1) is 0 Å². The van der Waals surface area contributed by atoms with Crippen LogP contribution >= 0.6 is 31.9 Å². The zero-order valence-corrected chi connectivity index (χ0v) is 10.4. The van der Waals surface area contributed by atoms with Gasteiger partial charge in [0.1, 0.15) is 9.21 Å². The van der Waals surface area contributed by atoms with Gasteiger partial charge in [0.15, 0.2) is 6.17 Å². The van der Waals surface area contributed by atoms with E-state index >= 15 is 0 Å². The molecule has 1 amide bonds. The molecule has 76 valence electrons. The number of carbonyl (C=O) groups excluding carboxylic acids is 1. The Bertz CT molecular complexity index is 337. The van der Waals surface area contributed by atoms with Crippen molar-refractivity contribution >= 4 is 43.5 Å². The van der Waals surface area contributed by atoms with Crippen molar-refractivity contribution in [3.05, 3.63) is 21.3 Å². The molecule has 0 aliphatic rings. The molecule has 0 saturated carbocycles. The van der Waals surface area contributed by atoms with Gasteiger partial charge in [0, 0.05) is 5.69 Å². The van der Waals surface area contributed by atoms with Gasteiger partial charge < -0.3 is 5.32 Å². The van der Waals surface area contributed by atoms with Gasteiger partial charge in [-0.3, -0.25) is 4.79 Å². The first-order valence-corrected chi connectivity index (χ1v) is 5.35. The number of halogens is 3. The van der Waals surface area contributed by atoms with Crippen molar-refractivity contribution in [2.75, 3.05) is 5.32 Å². The molecule has 1 aromatic rings. The van der Waals surface area contributed by atoms with E-state index in [4.69, 9.17) is 0 Å². The van der Waals surface area contributed by atoms with Crippen molar-refractivity contribution in [1.82, 2.24) is 4.98 Å². The molecule has 1 aromatic heterocycles. The van der Waals surface area contributed by atoms with Crippen LogP contribution in [0.15, 0.2) is 21.3 Å². The Labute approximate surface area is 97.4 Å². The van der Waals surface area contributed by atoms with Crippen LogP contribution in [0.5, 0.6) is 0 Å². The van der Waals surface area contributed by atoms with E-state index in [1.165, 1.54) is 6.92 Å². The molecular weight excluding hydrogens is 319 g/mol. The number of rotatable bonds is 2. The predicted molar refractivity (Wildman–Crippen MR) is 58.8 cm³/mol. The second-order valence-electron chi connectivity index (χ2n) is 2.61. The Morgan fingerprint density at radius 1 is 1.50 bits per heavy atom. The maximum atomic E-state index is 12.5. The number of carbonyl (C=O) groups is 1. The molecule has 1 heterocycles. The summed E-state index contributed by atoms with van der Waals surface area (Å²) in [6.45, 7) is 1.18. The summed E-state index contributed by atoms with van der Waals surface area (Å²) in [5.41, 5.74) is 0.494. The second-order valence-corrected chi connectivity index (χ2v) is 4.23. The maximum Gasteiger partial charge on any atom is 0.258 e.